The summed E-state index contributed by atoms with van der Waals surface area (Å²) in [5, 5.41) is 2.82. The Hall–Kier alpha value is -3.26. The minimum atomic E-state index is -0.735. The second-order valence-corrected chi connectivity index (χ2v) is 7.30. The number of carbonyl (C=O) groups excluding carboxylic acids is 2. The number of aliphatic imine (C=N–C) groups is 1. The number of para-hydroxylation sites is 1. The van der Waals surface area contributed by atoms with E-state index in [1.165, 1.54) is 24.3 Å². The maximum absolute atomic E-state index is 12.9. The molecule has 1 aromatic heterocycles. The number of benzene rings is 2. The van der Waals surface area contributed by atoms with Crippen molar-refractivity contribution in [3.8, 4) is 0 Å². The van der Waals surface area contributed by atoms with Crippen LogP contribution < -0.4 is 10.9 Å². The molecule has 3 aromatic rings. The molecule has 0 fully saturated rings. The summed E-state index contributed by atoms with van der Waals surface area (Å²) in [6, 6.07) is 14.0. The van der Waals surface area contributed by atoms with E-state index in [0.717, 1.165) is 11.8 Å². The Morgan fingerprint density at radius 2 is 1.89 bits per heavy atom. The summed E-state index contributed by atoms with van der Waals surface area (Å²) in [6.45, 7) is 0. The number of hydrogen-bond acceptors (Lipinski definition) is 5. The number of carbonyl (C=O) groups is 2. The highest BCUT2D eigenvalue weighted by molar-refractivity contribution is 8.16. The first-order chi connectivity index (χ1) is 13.5. The number of rotatable bonds is 4. The second-order valence-electron chi connectivity index (χ2n) is 6.11. The van der Waals surface area contributed by atoms with Crippen molar-refractivity contribution in [1.29, 1.82) is 0 Å². The summed E-state index contributed by atoms with van der Waals surface area (Å²) in [4.78, 5) is 40.6. The number of amides is 2. The van der Waals surface area contributed by atoms with E-state index < -0.39 is 28.5 Å². The Balaban J connectivity index is 1.48. The van der Waals surface area contributed by atoms with Gasteiger partial charge in [-0.15, -0.1) is 0 Å². The van der Waals surface area contributed by atoms with Gasteiger partial charge in [0.1, 0.15) is 21.7 Å². The van der Waals surface area contributed by atoms with Crippen LogP contribution in [0.15, 0.2) is 68.8 Å². The van der Waals surface area contributed by atoms with E-state index in [1.807, 2.05) is 6.07 Å². The maximum Gasteiger partial charge on any atom is 0.346 e. The fourth-order valence-electron chi connectivity index (χ4n) is 2.76. The van der Waals surface area contributed by atoms with Crippen LogP contribution in [0.2, 0.25) is 0 Å². The third kappa shape index (κ3) is 3.72. The van der Waals surface area contributed by atoms with E-state index in [9.17, 15) is 18.8 Å². The van der Waals surface area contributed by atoms with Crippen molar-refractivity contribution >= 4 is 45.3 Å². The minimum Gasteiger partial charge on any atom is -0.422 e. The highest BCUT2D eigenvalue weighted by atomic mass is 32.2. The zero-order valence-electron chi connectivity index (χ0n) is 14.3. The van der Waals surface area contributed by atoms with Gasteiger partial charge in [0.2, 0.25) is 5.91 Å². The number of anilines is 1. The molecular weight excluding hydrogens is 383 g/mol. The lowest BCUT2D eigenvalue weighted by Gasteiger charge is -2.08. The van der Waals surface area contributed by atoms with Crippen molar-refractivity contribution in [2.45, 2.75) is 11.7 Å². The molecule has 2 amide bonds. The highest BCUT2D eigenvalue weighted by Crippen LogP contribution is 2.29. The number of fused-ring (bicyclic) bond motifs is 1. The molecule has 0 spiro atoms. The Labute approximate surface area is 162 Å². The first-order valence-corrected chi connectivity index (χ1v) is 9.25. The molecule has 0 aliphatic carbocycles. The molecular formula is C20H13FN2O4S. The van der Waals surface area contributed by atoms with E-state index in [2.05, 4.69) is 10.3 Å². The van der Waals surface area contributed by atoms with Crippen molar-refractivity contribution < 1.29 is 18.4 Å². The fourth-order valence-corrected chi connectivity index (χ4v) is 3.83. The van der Waals surface area contributed by atoms with Crippen molar-refractivity contribution in [1.82, 2.24) is 0 Å². The highest BCUT2D eigenvalue weighted by Gasteiger charge is 2.32. The summed E-state index contributed by atoms with van der Waals surface area (Å²) < 4.78 is 18.2. The maximum atomic E-state index is 12.9. The van der Waals surface area contributed by atoms with Crippen LogP contribution in [-0.4, -0.2) is 22.1 Å². The van der Waals surface area contributed by atoms with E-state index in [-0.39, 0.29) is 17.0 Å². The van der Waals surface area contributed by atoms with Crippen LogP contribution in [0.5, 0.6) is 0 Å². The molecule has 1 atom stereocenters. The zero-order valence-corrected chi connectivity index (χ0v) is 15.2. The van der Waals surface area contributed by atoms with Gasteiger partial charge >= 0.3 is 5.63 Å². The normalized spacial score (nSPS) is 16.2. The van der Waals surface area contributed by atoms with Gasteiger partial charge in [0.25, 0.3) is 5.91 Å². The first kappa shape index (κ1) is 18.1. The minimum absolute atomic E-state index is 0.118. The number of nitrogens with zero attached hydrogens (tertiary/aromatic N) is 1. The Bertz CT molecular complexity index is 1170. The summed E-state index contributed by atoms with van der Waals surface area (Å²) in [5.74, 6) is -1.30. The van der Waals surface area contributed by atoms with Gasteiger partial charge in [0.05, 0.1) is 5.56 Å². The number of thioether (sulfide) groups is 1. The standard InChI is InChI=1S/C20H13FN2O4S/c21-12-5-7-13(8-6-12)22-17(24)10-16-18(25)23-19(28-16)14-9-11-3-1-2-4-15(11)27-20(14)26/h1-9,16H,10H2,(H,22,24). The predicted octanol–water partition coefficient (Wildman–Crippen LogP) is 3.35. The topological polar surface area (TPSA) is 88.7 Å². The van der Waals surface area contributed by atoms with E-state index in [1.54, 1.807) is 24.3 Å². The lowest BCUT2D eigenvalue weighted by molar-refractivity contribution is -0.121. The molecule has 140 valence electrons. The third-order valence-electron chi connectivity index (χ3n) is 4.11. The number of halogens is 1. The molecule has 2 aromatic carbocycles. The largest absolute Gasteiger partial charge is 0.422 e. The fraction of sp³-hybridized carbons (Fsp3) is 0.100. The lowest BCUT2D eigenvalue weighted by atomic mass is 10.2. The Morgan fingerprint density at radius 1 is 1.14 bits per heavy atom. The zero-order chi connectivity index (χ0) is 19.7. The SMILES string of the molecule is O=C(CC1SC(c2cc3ccccc3oc2=O)=NC1=O)Nc1ccc(F)cc1. The summed E-state index contributed by atoms with van der Waals surface area (Å²) >= 11 is 1.06. The van der Waals surface area contributed by atoms with Crippen LogP contribution in [0.4, 0.5) is 10.1 Å². The Kier molecular flexibility index (Phi) is 4.79. The van der Waals surface area contributed by atoms with Crippen LogP contribution in [0.3, 0.4) is 0 Å². The van der Waals surface area contributed by atoms with Gasteiger partial charge in [-0.3, -0.25) is 9.59 Å². The van der Waals surface area contributed by atoms with Gasteiger partial charge in [-0.1, -0.05) is 30.0 Å². The third-order valence-corrected chi connectivity index (χ3v) is 5.30. The van der Waals surface area contributed by atoms with Crippen molar-refractivity contribution in [3.05, 3.63) is 76.4 Å². The molecule has 0 bridgehead atoms. The average molecular weight is 396 g/mol. The summed E-state index contributed by atoms with van der Waals surface area (Å²) in [6.07, 6.45) is -0.118. The molecule has 1 aliphatic rings. The molecule has 4 rings (SSSR count). The van der Waals surface area contributed by atoms with Crippen LogP contribution in [0.1, 0.15) is 12.0 Å². The first-order valence-electron chi connectivity index (χ1n) is 8.37. The lowest BCUT2D eigenvalue weighted by Crippen LogP contribution is -2.21. The molecule has 0 radical (unpaired) electrons. The van der Waals surface area contributed by atoms with Gasteiger partial charge in [-0.05, 0) is 36.4 Å². The Morgan fingerprint density at radius 3 is 2.68 bits per heavy atom. The van der Waals surface area contributed by atoms with Crippen molar-refractivity contribution in [3.63, 3.8) is 0 Å². The molecule has 6 nitrogen and oxygen atoms in total. The van der Waals surface area contributed by atoms with Crippen LogP contribution in [0, 0.1) is 5.82 Å². The monoisotopic (exact) mass is 396 g/mol. The van der Waals surface area contributed by atoms with Crippen molar-refractivity contribution in [2.24, 2.45) is 4.99 Å². The second kappa shape index (κ2) is 7.40. The number of nitrogens with one attached hydrogen (secondary N) is 1. The smallest absolute Gasteiger partial charge is 0.346 e. The molecule has 8 heteroatoms. The van der Waals surface area contributed by atoms with Gasteiger partial charge in [-0.2, -0.15) is 0 Å². The predicted molar refractivity (Wildman–Crippen MR) is 105 cm³/mol. The molecule has 0 saturated carbocycles. The number of hydrogen-bond donors (Lipinski definition) is 1. The van der Waals surface area contributed by atoms with E-state index >= 15 is 0 Å². The quantitative estimate of drug-likeness (QED) is 0.683. The van der Waals surface area contributed by atoms with E-state index in [0.29, 0.717) is 16.7 Å². The molecule has 1 aliphatic heterocycles. The summed E-state index contributed by atoms with van der Waals surface area (Å²) in [5.41, 5.74) is 0.479. The van der Waals surface area contributed by atoms with Gasteiger partial charge in [0.15, 0.2) is 0 Å². The van der Waals surface area contributed by atoms with E-state index in [4.69, 9.17) is 4.42 Å². The van der Waals surface area contributed by atoms with Gasteiger partial charge in [0, 0.05) is 17.5 Å². The van der Waals surface area contributed by atoms with Gasteiger partial charge < -0.3 is 9.73 Å². The molecule has 1 N–H and O–H groups in total. The average Bonchev–Trinajstić information content (AvgIpc) is 3.03. The summed E-state index contributed by atoms with van der Waals surface area (Å²) in [7, 11) is 0. The van der Waals surface area contributed by atoms with Crippen molar-refractivity contribution in [2.75, 3.05) is 5.32 Å². The molecule has 28 heavy (non-hydrogen) atoms. The molecule has 2 heterocycles. The van der Waals surface area contributed by atoms with Gasteiger partial charge in [-0.25, -0.2) is 14.2 Å². The molecule has 0 saturated heterocycles. The van der Waals surface area contributed by atoms with Crippen LogP contribution in [0.25, 0.3) is 11.0 Å². The molecule has 1 unspecified atom stereocenters. The van der Waals surface area contributed by atoms with Crippen LogP contribution in [-0.2, 0) is 9.59 Å². The van der Waals surface area contributed by atoms with Crippen LogP contribution >= 0.6 is 11.8 Å².